The van der Waals surface area contributed by atoms with Crippen molar-refractivity contribution in [1.82, 2.24) is 9.80 Å². The number of allylic oxidation sites excluding steroid dienone is 1. The number of esters is 1. The summed E-state index contributed by atoms with van der Waals surface area (Å²) >= 11 is 6.47. The molecular formula is C33H33ClFN3O4. The number of halogens is 2. The summed E-state index contributed by atoms with van der Waals surface area (Å²) in [5.41, 5.74) is 3.44. The molecule has 0 N–H and O–H groups in total. The molecule has 0 bridgehead atoms. The first-order valence-electron chi connectivity index (χ1n) is 14.1. The molecule has 0 spiro atoms. The highest BCUT2D eigenvalue weighted by Crippen LogP contribution is 2.40. The molecule has 5 rings (SSSR count). The maximum Gasteiger partial charge on any atom is 0.336 e. The number of nitrogens with zero attached hydrogens (tertiary/aromatic N) is 3. The van der Waals surface area contributed by atoms with Crippen LogP contribution in [-0.2, 0) is 20.9 Å². The first-order chi connectivity index (χ1) is 20.3. The molecule has 0 radical (unpaired) electrons. The molecule has 0 aliphatic carbocycles. The molecule has 218 valence electrons. The van der Waals surface area contributed by atoms with Gasteiger partial charge >= 0.3 is 5.97 Å². The molecule has 2 heterocycles. The lowest BCUT2D eigenvalue weighted by Crippen LogP contribution is -2.49. The number of carbonyl (C=O) groups excluding carboxylic acids is 3. The van der Waals surface area contributed by atoms with Crippen LogP contribution in [0, 0.1) is 5.82 Å². The molecular weight excluding hydrogens is 557 g/mol. The molecule has 3 aromatic rings. The van der Waals surface area contributed by atoms with Crippen LogP contribution in [0.1, 0.15) is 47.7 Å². The van der Waals surface area contributed by atoms with E-state index in [0.29, 0.717) is 59.3 Å². The van der Waals surface area contributed by atoms with Crippen molar-refractivity contribution in [2.24, 2.45) is 0 Å². The summed E-state index contributed by atoms with van der Waals surface area (Å²) in [6.07, 6.45) is 0.0696. The average Bonchev–Trinajstić information content (AvgIpc) is 2.99. The third kappa shape index (κ3) is 6.04. The van der Waals surface area contributed by atoms with Gasteiger partial charge in [-0.1, -0.05) is 54.1 Å². The van der Waals surface area contributed by atoms with Crippen LogP contribution in [0.5, 0.6) is 0 Å². The SMILES string of the molecule is CCOC(=O)C1=C(C)N(Cc2cccc(C(=O)N3CCN(c4ccccc4F)CC3)c2)C(=O)CC1c1ccccc1Cl. The van der Waals surface area contributed by atoms with Crippen LogP contribution in [0.25, 0.3) is 0 Å². The predicted octanol–water partition coefficient (Wildman–Crippen LogP) is 5.79. The monoisotopic (exact) mass is 589 g/mol. The fourth-order valence-corrected chi connectivity index (χ4v) is 5.99. The van der Waals surface area contributed by atoms with Crippen molar-refractivity contribution >= 4 is 35.1 Å². The molecule has 3 aromatic carbocycles. The number of carbonyl (C=O) groups is 3. The maximum atomic E-state index is 14.2. The van der Waals surface area contributed by atoms with Crippen molar-refractivity contribution in [2.75, 3.05) is 37.7 Å². The molecule has 9 heteroatoms. The molecule has 1 fully saturated rings. The Morgan fingerprint density at radius 2 is 1.69 bits per heavy atom. The molecule has 0 saturated carbocycles. The minimum Gasteiger partial charge on any atom is -0.463 e. The Hall–Kier alpha value is -4.17. The van der Waals surface area contributed by atoms with E-state index in [1.54, 1.807) is 72.2 Å². The minimum absolute atomic E-state index is 0.0696. The minimum atomic E-state index is -0.516. The average molecular weight is 590 g/mol. The van der Waals surface area contributed by atoms with Crippen LogP contribution in [0.2, 0.25) is 5.02 Å². The highest BCUT2D eigenvalue weighted by atomic mass is 35.5. The van der Waals surface area contributed by atoms with E-state index in [4.69, 9.17) is 16.3 Å². The van der Waals surface area contributed by atoms with Crippen LogP contribution < -0.4 is 4.90 Å². The highest BCUT2D eigenvalue weighted by molar-refractivity contribution is 6.31. The van der Waals surface area contributed by atoms with Gasteiger partial charge in [-0.3, -0.25) is 9.59 Å². The summed E-state index contributed by atoms with van der Waals surface area (Å²) in [6.45, 7) is 5.89. The van der Waals surface area contributed by atoms with Gasteiger partial charge in [-0.2, -0.15) is 0 Å². The van der Waals surface area contributed by atoms with Gasteiger partial charge in [0.25, 0.3) is 5.91 Å². The van der Waals surface area contributed by atoms with Crippen LogP contribution >= 0.6 is 11.6 Å². The lowest BCUT2D eigenvalue weighted by atomic mass is 9.83. The summed E-state index contributed by atoms with van der Waals surface area (Å²) in [4.78, 5) is 45.3. The second kappa shape index (κ2) is 12.8. The van der Waals surface area contributed by atoms with Crippen molar-refractivity contribution in [3.63, 3.8) is 0 Å². The fourth-order valence-electron chi connectivity index (χ4n) is 5.73. The lowest BCUT2D eigenvalue weighted by molar-refractivity contribution is -0.140. The van der Waals surface area contributed by atoms with E-state index < -0.39 is 11.9 Å². The number of piperazine rings is 1. The second-order valence-corrected chi connectivity index (χ2v) is 10.8. The Kier molecular flexibility index (Phi) is 8.92. The van der Waals surface area contributed by atoms with Gasteiger partial charge in [0.05, 0.1) is 24.4 Å². The van der Waals surface area contributed by atoms with E-state index >= 15 is 0 Å². The standard InChI is InChI=1S/C33H33ClFN3O4/c1-3-42-33(41)31-22(2)38(30(39)20-26(31)25-11-4-5-12-27(25)34)21-23-9-8-10-24(19-23)32(40)37-17-15-36(16-18-37)29-14-7-6-13-28(29)35/h4-14,19,26H,3,15-18,20-21H2,1-2H3. The first kappa shape index (κ1) is 29.3. The molecule has 42 heavy (non-hydrogen) atoms. The summed E-state index contributed by atoms with van der Waals surface area (Å²) in [5.74, 6) is -1.53. The number of amides is 2. The quantitative estimate of drug-likeness (QED) is 0.326. The Bertz CT molecular complexity index is 1530. The molecule has 1 atom stereocenters. The second-order valence-electron chi connectivity index (χ2n) is 10.4. The molecule has 2 amide bonds. The number of para-hydroxylation sites is 1. The van der Waals surface area contributed by atoms with Gasteiger partial charge in [0.1, 0.15) is 5.82 Å². The Balaban J connectivity index is 1.34. The van der Waals surface area contributed by atoms with E-state index in [-0.39, 0.29) is 37.2 Å². The van der Waals surface area contributed by atoms with Crippen molar-refractivity contribution in [1.29, 1.82) is 0 Å². The number of benzene rings is 3. The topological polar surface area (TPSA) is 70.2 Å². The largest absolute Gasteiger partial charge is 0.463 e. The molecule has 1 saturated heterocycles. The van der Waals surface area contributed by atoms with Crippen molar-refractivity contribution in [3.05, 3.63) is 112 Å². The normalized spacial score (nSPS) is 17.5. The third-order valence-electron chi connectivity index (χ3n) is 7.87. The van der Waals surface area contributed by atoms with Crippen LogP contribution in [-0.4, -0.2) is 60.4 Å². The number of anilines is 1. The Morgan fingerprint density at radius 1 is 0.976 bits per heavy atom. The summed E-state index contributed by atoms with van der Waals surface area (Å²) in [6, 6.07) is 21.1. The van der Waals surface area contributed by atoms with Gasteiger partial charge in [-0.05, 0) is 55.3 Å². The van der Waals surface area contributed by atoms with E-state index in [1.807, 2.05) is 23.1 Å². The third-order valence-corrected chi connectivity index (χ3v) is 8.22. The van der Waals surface area contributed by atoms with Gasteiger partial charge in [-0.25, -0.2) is 9.18 Å². The summed E-state index contributed by atoms with van der Waals surface area (Å²) in [7, 11) is 0. The smallest absolute Gasteiger partial charge is 0.336 e. The summed E-state index contributed by atoms with van der Waals surface area (Å²) in [5, 5.41) is 0.485. The van der Waals surface area contributed by atoms with Crippen LogP contribution in [0.4, 0.5) is 10.1 Å². The van der Waals surface area contributed by atoms with Crippen LogP contribution in [0.15, 0.2) is 84.1 Å². The zero-order valence-electron chi connectivity index (χ0n) is 23.7. The predicted molar refractivity (Wildman–Crippen MR) is 160 cm³/mol. The van der Waals surface area contributed by atoms with Crippen LogP contribution in [0.3, 0.4) is 0 Å². The molecule has 2 aliphatic rings. The fraction of sp³-hybridized carbons (Fsp3) is 0.303. The van der Waals surface area contributed by atoms with Gasteiger partial charge in [0, 0.05) is 54.8 Å². The lowest BCUT2D eigenvalue weighted by Gasteiger charge is -2.36. The van der Waals surface area contributed by atoms with Crippen molar-refractivity contribution in [3.8, 4) is 0 Å². The zero-order chi connectivity index (χ0) is 29.8. The first-order valence-corrected chi connectivity index (χ1v) is 14.5. The van der Waals surface area contributed by atoms with Gasteiger partial charge in [0.2, 0.25) is 5.91 Å². The number of hydrogen-bond donors (Lipinski definition) is 0. The van der Waals surface area contributed by atoms with E-state index in [9.17, 15) is 18.8 Å². The molecule has 7 nitrogen and oxygen atoms in total. The van der Waals surface area contributed by atoms with Gasteiger partial charge in [0.15, 0.2) is 0 Å². The Morgan fingerprint density at radius 3 is 2.40 bits per heavy atom. The molecule has 1 unspecified atom stereocenters. The molecule has 2 aliphatic heterocycles. The Labute approximate surface area is 250 Å². The van der Waals surface area contributed by atoms with Crippen molar-refractivity contribution < 1.29 is 23.5 Å². The summed E-state index contributed by atoms with van der Waals surface area (Å²) < 4.78 is 19.6. The van der Waals surface area contributed by atoms with Crippen molar-refractivity contribution in [2.45, 2.75) is 32.7 Å². The van der Waals surface area contributed by atoms with Gasteiger partial charge < -0.3 is 19.4 Å². The highest BCUT2D eigenvalue weighted by Gasteiger charge is 2.37. The number of ether oxygens (including phenoxy) is 1. The molecule has 0 aromatic heterocycles. The van der Waals surface area contributed by atoms with E-state index in [2.05, 4.69) is 0 Å². The van der Waals surface area contributed by atoms with E-state index in [1.165, 1.54) is 6.07 Å². The number of rotatable bonds is 7. The maximum absolute atomic E-state index is 14.2. The van der Waals surface area contributed by atoms with E-state index in [0.717, 1.165) is 5.56 Å². The zero-order valence-corrected chi connectivity index (χ0v) is 24.4. The number of hydrogen-bond acceptors (Lipinski definition) is 5. The van der Waals surface area contributed by atoms with Gasteiger partial charge in [-0.15, -0.1) is 0 Å².